The van der Waals surface area contributed by atoms with Gasteiger partial charge in [-0.25, -0.2) is 9.59 Å². The minimum atomic E-state index is -0.945. The third-order valence-electron chi connectivity index (χ3n) is 7.55. The summed E-state index contributed by atoms with van der Waals surface area (Å²) in [6.45, 7) is 12.3. The molecule has 3 rings (SSSR count). The Kier molecular flexibility index (Phi) is 8.49. The first-order valence-electron chi connectivity index (χ1n) is 12.9. The van der Waals surface area contributed by atoms with Crippen molar-refractivity contribution in [3.63, 3.8) is 0 Å². The lowest BCUT2D eigenvalue weighted by atomic mass is 9.77. The average Bonchev–Trinajstić information content (AvgIpc) is 3.06. The molecule has 2 aromatic carbocycles. The first-order chi connectivity index (χ1) is 18.2. The van der Waals surface area contributed by atoms with Crippen LogP contribution in [0.25, 0.3) is 0 Å². The zero-order chi connectivity index (χ0) is 29.1. The van der Waals surface area contributed by atoms with E-state index in [1.165, 1.54) is 0 Å². The van der Waals surface area contributed by atoms with Gasteiger partial charge in [-0.2, -0.15) is 0 Å². The standard InChI is InChI=1S/C33H38N2O4/c1-21(11-9-13-28(34-7)32(3,4)25-19-23(30(36)37)16-15-22(25)2)12-10-14-29-33(5,6)26-20-24(31(38)39)17-18-27(26)35(29)8/h9-20H,1-8H3,(H,36,37)(H,38,39)/b12-10?,13-9?,21-11?,29-14+,34-28+. The van der Waals surface area contributed by atoms with Crippen molar-refractivity contribution in [2.75, 3.05) is 19.0 Å². The molecule has 0 saturated heterocycles. The second kappa shape index (κ2) is 11.3. The summed E-state index contributed by atoms with van der Waals surface area (Å²) in [5.74, 6) is -1.87. The Hall–Kier alpha value is -4.19. The van der Waals surface area contributed by atoms with E-state index in [4.69, 9.17) is 0 Å². The van der Waals surface area contributed by atoms with Crippen LogP contribution in [0.1, 0.15) is 72.0 Å². The topological polar surface area (TPSA) is 90.2 Å². The number of likely N-dealkylation sites (N-methyl/N-ethyl adjacent to an activating group) is 1. The summed E-state index contributed by atoms with van der Waals surface area (Å²) in [5, 5.41) is 18.8. The molecule has 2 N–H and O–H groups in total. The van der Waals surface area contributed by atoms with Gasteiger partial charge in [-0.1, -0.05) is 63.6 Å². The van der Waals surface area contributed by atoms with E-state index < -0.39 is 17.4 Å². The van der Waals surface area contributed by atoms with Crippen LogP contribution in [-0.2, 0) is 10.8 Å². The van der Waals surface area contributed by atoms with E-state index >= 15 is 0 Å². The van der Waals surface area contributed by atoms with E-state index in [2.05, 4.69) is 29.8 Å². The fourth-order valence-electron chi connectivity index (χ4n) is 5.24. The van der Waals surface area contributed by atoms with Crippen molar-refractivity contribution in [3.05, 3.63) is 112 Å². The zero-order valence-electron chi connectivity index (χ0n) is 24.0. The number of aliphatic imine (C=N–C) groups is 1. The lowest BCUT2D eigenvalue weighted by molar-refractivity contribution is 0.0686. The van der Waals surface area contributed by atoms with Crippen LogP contribution < -0.4 is 4.90 Å². The molecule has 0 radical (unpaired) electrons. The summed E-state index contributed by atoms with van der Waals surface area (Å²) in [6.07, 6.45) is 12.0. The molecule has 0 atom stereocenters. The van der Waals surface area contributed by atoms with Gasteiger partial charge in [-0.05, 0) is 73.0 Å². The molecule has 0 bridgehead atoms. The van der Waals surface area contributed by atoms with E-state index in [9.17, 15) is 19.8 Å². The van der Waals surface area contributed by atoms with E-state index in [1.54, 1.807) is 31.3 Å². The highest BCUT2D eigenvalue weighted by Crippen LogP contribution is 2.47. The number of hydrogen-bond donors (Lipinski definition) is 2. The second-order valence-electron chi connectivity index (χ2n) is 11.0. The summed E-state index contributed by atoms with van der Waals surface area (Å²) < 4.78 is 0. The molecular formula is C33H38N2O4. The fraction of sp³-hybridized carbons (Fsp3) is 0.303. The van der Waals surface area contributed by atoms with Crippen molar-refractivity contribution in [3.8, 4) is 0 Å². The van der Waals surface area contributed by atoms with Crippen LogP contribution in [0.4, 0.5) is 5.69 Å². The SMILES string of the molecule is C/N=C(\C=CC=C(C)C=C/C=C1/N(C)c2ccc(C(=O)O)cc2C1(C)C)C(C)(C)c1cc(C(=O)O)ccc1C. The Balaban J connectivity index is 1.80. The number of aromatic carboxylic acids is 2. The van der Waals surface area contributed by atoms with E-state index in [-0.39, 0.29) is 11.0 Å². The number of aryl methyl sites for hydroxylation is 1. The van der Waals surface area contributed by atoms with Gasteiger partial charge in [0.1, 0.15) is 0 Å². The van der Waals surface area contributed by atoms with Gasteiger partial charge in [0, 0.05) is 42.0 Å². The van der Waals surface area contributed by atoms with E-state index in [0.717, 1.165) is 39.4 Å². The number of fused-ring (bicyclic) bond motifs is 1. The molecule has 0 fully saturated rings. The smallest absolute Gasteiger partial charge is 0.335 e. The Labute approximate surface area is 231 Å². The maximum absolute atomic E-state index is 11.5. The molecule has 2 aromatic rings. The number of allylic oxidation sites excluding steroid dienone is 8. The molecule has 0 amide bonds. The predicted molar refractivity (Wildman–Crippen MR) is 159 cm³/mol. The summed E-state index contributed by atoms with van der Waals surface area (Å²) in [6, 6.07) is 10.5. The van der Waals surface area contributed by atoms with Gasteiger partial charge in [-0.3, -0.25) is 4.99 Å². The van der Waals surface area contributed by atoms with Crippen molar-refractivity contribution in [2.45, 2.75) is 52.4 Å². The number of rotatable bonds is 8. The fourth-order valence-corrected chi connectivity index (χ4v) is 5.24. The maximum atomic E-state index is 11.5. The van der Waals surface area contributed by atoms with Crippen LogP contribution in [0.2, 0.25) is 0 Å². The average molecular weight is 527 g/mol. The number of carbonyl (C=O) groups is 2. The molecule has 0 aromatic heterocycles. The lowest BCUT2D eigenvalue weighted by Gasteiger charge is -2.28. The van der Waals surface area contributed by atoms with Gasteiger partial charge in [0.2, 0.25) is 0 Å². The maximum Gasteiger partial charge on any atom is 0.335 e. The molecule has 6 nitrogen and oxygen atoms in total. The van der Waals surface area contributed by atoms with Crippen LogP contribution in [0.3, 0.4) is 0 Å². The van der Waals surface area contributed by atoms with Crippen LogP contribution in [0.5, 0.6) is 0 Å². The van der Waals surface area contributed by atoms with Crippen molar-refractivity contribution >= 4 is 23.3 Å². The number of carboxylic acids is 2. The molecule has 1 aliphatic rings. The van der Waals surface area contributed by atoms with Crippen molar-refractivity contribution in [1.29, 1.82) is 0 Å². The Morgan fingerprint density at radius 3 is 2.21 bits per heavy atom. The minimum absolute atomic E-state index is 0.264. The molecular weight excluding hydrogens is 488 g/mol. The molecule has 0 unspecified atom stereocenters. The second-order valence-corrected chi connectivity index (χ2v) is 11.0. The Morgan fingerprint density at radius 1 is 0.974 bits per heavy atom. The third kappa shape index (κ3) is 5.95. The van der Waals surface area contributed by atoms with Gasteiger partial charge in [0.15, 0.2) is 0 Å². The van der Waals surface area contributed by atoms with E-state index in [0.29, 0.717) is 5.56 Å². The first kappa shape index (κ1) is 29.4. The third-order valence-corrected chi connectivity index (χ3v) is 7.55. The quantitative estimate of drug-likeness (QED) is 0.283. The predicted octanol–water partition coefficient (Wildman–Crippen LogP) is 7.11. The van der Waals surface area contributed by atoms with Crippen LogP contribution >= 0.6 is 0 Å². The van der Waals surface area contributed by atoms with Crippen LogP contribution in [0.15, 0.2) is 89.1 Å². The summed E-state index contributed by atoms with van der Waals surface area (Å²) >= 11 is 0. The first-order valence-corrected chi connectivity index (χ1v) is 12.9. The van der Waals surface area contributed by atoms with Gasteiger partial charge in [0.25, 0.3) is 0 Å². The summed E-state index contributed by atoms with van der Waals surface area (Å²) in [5.41, 5.74) is 6.68. The lowest BCUT2D eigenvalue weighted by Crippen LogP contribution is -2.29. The monoisotopic (exact) mass is 526 g/mol. The van der Waals surface area contributed by atoms with E-state index in [1.807, 2.05) is 77.3 Å². The van der Waals surface area contributed by atoms with Gasteiger partial charge < -0.3 is 15.1 Å². The minimum Gasteiger partial charge on any atom is -0.478 e. The molecule has 1 aliphatic heterocycles. The van der Waals surface area contributed by atoms with Crippen LogP contribution in [-0.4, -0.2) is 42.0 Å². The number of carboxylic acid groups (broad SMARTS) is 2. The highest BCUT2D eigenvalue weighted by atomic mass is 16.4. The number of nitrogens with zero attached hydrogens (tertiary/aromatic N) is 2. The molecule has 204 valence electrons. The molecule has 39 heavy (non-hydrogen) atoms. The highest BCUT2D eigenvalue weighted by molar-refractivity contribution is 6.03. The van der Waals surface area contributed by atoms with Gasteiger partial charge >= 0.3 is 11.9 Å². The zero-order valence-corrected chi connectivity index (χ0v) is 24.0. The number of hydrogen-bond acceptors (Lipinski definition) is 4. The Morgan fingerprint density at radius 2 is 1.59 bits per heavy atom. The Bertz CT molecular complexity index is 1450. The van der Waals surface area contributed by atoms with Crippen molar-refractivity contribution in [2.24, 2.45) is 4.99 Å². The van der Waals surface area contributed by atoms with Gasteiger partial charge in [0.05, 0.1) is 11.1 Å². The number of anilines is 1. The molecule has 6 heteroatoms. The summed E-state index contributed by atoms with van der Waals surface area (Å²) in [4.78, 5) is 29.6. The van der Waals surface area contributed by atoms with Gasteiger partial charge in [-0.15, -0.1) is 0 Å². The summed E-state index contributed by atoms with van der Waals surface area (Å²) in [7, 11) is 3.75. The van der Waals surface area contributed by atoms with Crippen LogP contribution in [0, 0.1) is 6.92 Å². The normalized spacial score (nSPS) is 16.9. The molecule has 0 spiro atoms. The highest BCUT2D eigenvalue weighted by Gasteiger charge is 2.38. The number of benzene rings is 2. The van der Waals surface area contributed by atoms with Crippen molar-refractivity contribution in [1.82, 2.24) is 0 Å². The molecule has 0 saturated carbocycles. The van der Waals surface area contributed by atoms with Crippen molar-refractivity contribution < 1.29 is 19.8 Å². The molecule has 1 heterocycles. The largest absolute Gasteiger partial charge is 0.478 e. The molecule has 0 aliphatic carbocycles.